The molecule has 0 unspecified atom stereocenters. The van der Waals surface area contributed by atoms with Crippen molar-refractivity contribution >= 4 is 88.9 Å². The first kappa shape index (κ1) is 37.1. The Morgan fingerprint density at radius 3 is 1.71 bits per heavy atom. The summed E-state index contributed by atoms with van der Waals surface area (Å²) in [6, 6.07) is 19.5. The van der Waals surface area contributed by atoms with Gasteiger partial charge in [-0.3, -0.25) is 19.8 Å². The number of carbonyl (C=O) groups is 3. The summed E-state index contributed by atoms with van der Waals surface area (Å²) >= 11 is 23.3. The lowest BCUT2D eigenvalue weighted by atomic mass is 9.98. The normalized spacial score (nSPS) is 22.2. The zero-order valence-electron chi connectivity index (χ0n) is 25.3. The smallest absolute Gasteiger partial charge is 0.321 e. The fraction of sp³-hybridized carbons (Fsp3) is 0.467. The van der Waals surface area contributed by atoms with Crippen LogP contribution in [0.2, 0.25) is 5.04 Å². The maximum atomic E-state index is 12.5. The Bertz CT molecular complexity index is 1300. The highest BCUT2D eigenvalue weighted by Crippen LogP contribution is 2.39. The van der Waals surface area contributed by atoms with Gasteiger partial charge in [0.05, 0.1) is 6.61 Å². The number of hydrogen-bond donors (Lipinski definition) is 1. The molecule has 246 valence electrons. The molecule has 3 rings (SSSR count). The first-order chi connectivity index (χ1) is 21.0. The van der Waals surface area contributed by atoms with Crippen molar-refractivity contribution in [1.29, 1.82) is 5.41 Å². The van der Waals surface area contributed by atoms with Crippen molar-refractivity contribution in [2.45, 2.75) is 74.2 Å². The maximum Gasteiger partial charge on any atom is 0.321 e. The third-order valence-electron chi connectivity index (χ3n) is 6.94. The Kier molecular flexibility index (Phi) is 12.7. The molecule has 10 nitrogen and oxygen atoms in total. The molecule has 1 saturated heterocycles. The standard InChI is InChI=1S/C30H35Cl4NO9Si/c1-18(36)40-24-22(17-39-45(29(3,4)5,20-12-8-6-9-13-20)21-14-10-7-11-15-21)42-27(44-28(35)30(32,33)34)26(41-19(2)37)25(24)43-23(38)16-31/h6-15,22,24-27,35H,16-17H2,1-5H3/t22-,24+,25+,26-,27-/m1/s1. The lowest BCUT2D eigenvalue weighted by Gasteiger charge is -2.47. The molecule has 15 heteroatoms. The monoisotopic (exact) mass is 721 g/mol. The minimum atomic E-state index is -3.17. The molecule has 1 aliphatic heterocycles. The average molecular weight is 724 g/mol. The second kappa shape index (κ2) is 15.5. The minimum absolute atomic E-state index is 0.228. The molecule has 1 N–H and O–H groups in total. The van der Waals surface area contributed by atoms with Crippen molar-refractivity contribution in [3.63, 3.8) is 0 Å². The number of esters is 3. The Labute approximate surface area is 283 Å². The molecular formula is C30H35Cl4NO9Si. The number of hydrogen-bond acceptors (Lipinski definition) is 10. The van der Waals surface area contributed by atoms with Gasteiger partial charge in [0.25, 0.3) is 12.1 Å². The number of carbonyl (C=O) groups excluding carboxylic acids is 3. The van der Waals surface area contributed by atoms with Crippen LogP contribution in [0.25, 0.3) is 0 Å². The van der Waals surface area contributed by atoms with E-state index in [2.05, 4.69) is 20.8 Å². The minimum Gasteiger partial charge on any atom is -0.456 e. The van der Waals surface area contributed by atoms with Crippen LogP contribution in [-0.4, -0.2) is 79.1 Å². The third-order valence-corrected chi connectivity index (χ3v) is 12.7. The van der Waals surface area contributed by atoms with E-state index in [9.17, 15) is 14.4 Å². The Hall–Kier alpha value is -2.38. The van der Waals surface area contributed by atoms with E-state index >= 15 is 0 Å². The molecule has 1 fully saturated rings. The van der Waals surface area contributed by atoms with E-state index in [1.165, 1.54) is 0 Å². The van der Waals surface area contributed by atoms with Crippen LogP contribution in [0.5, 0.6) is 0 Å². The highest BCUT2D eigenvalue weighted by Gasteiger charge is 2.56. The van der Waals surface area contributed by atoms with E-state index in [0.29, 0.717) is 0 Å². The van der Waals surface area contributed by atoms with Crippen LogP contribution in [0.3, 0.4) is 0 Å². The Morgan fingerprint density at radius 2 is 1.29 bits per heavy atom. The second-order valence-corrected chi connectivity index (χ2v) is 18.1. The van der Waals surface area contributed by atoms with Crippen molar-refractivity contribution < 1.29 is 42.5 Å². The largest absolute Gasteiger partial charge is 0.456 e. The van der Waals surface area contributed by atoms with Crippen LogP contribution in [0.15, 0.2) is 60.7 Å². The van der Waals surface area contributed by atoms with Gasteiger partial charge >= 0.3 is 17.9 Å². The van der Waals surface area contributed by atoms with Gasteiger partial charge in [0.15, 0.2) is 12.2 Å². The van der Waals surface area contributed by atoms with E-state index in [-0.39, 0.29) is 6.61 Å². The molecular weight excluding hydrogens is 688 g/mol. The van der Waals surface area contributed by atoms with Crippen LogP contribution in [0, 0.1) is 5.41 Å². The molecule has 2 aromatic carbocycles. The first-order valence-electron chi connectivity index (χ1n) is 13.8. The fourth-order valence-electron chi connectivity index (χ4n) is 5.23. The van der Waals surface area contributed by atoms with Crippen LogP contribution in [-0.2, 0) is 42.5 Å². The number of rotatable bonds is 10. The molecule has 0 radical (unpaired) electrons. The number of benzene rings is 2. The SMILES string of the molecule is CC(=O)O[C@@H]1[C@H](OC(=O)CCl)[C@@H](OC(C)=O)[C@@H](OC(=N)C(Cl)(Cl)Cl)O[C@@H]1CO[Si](c1ccccc1)(c1ccccc1)C(C)(C)C. The highest BCUT2D eigenvalue weighted by molar-refractivity contribution is 6.99. The van der Waals surface area contributed by atoms with Crippen LogP contribution in [0.1, 0.15) is 34.6 Å². The van der Waals surface area contributed by atoms with E-state index < -0.39 is 77.5 Å². The summed E-state index contributed by atoms with van der Waals surface area (Å²) in [7, 11) is -3.17. The predicted molar refractivity (Wildman–Crippen MR) is 173 cm³/mol. The topological polar surface area (TPSA) is 130 Å². The van der Waals surface area contributed by atoms with E-state index in [4.69, 9.17) is 79.9 Å². The molecule has 0 aliphatic carbocycles. The van der Waals surface area contributed by atoms with Crippen molar-refractivity contribution in [1.82, 2.24) is 0 Å². The van der Waals surface area contributed by atoms with Gasteiger partial charge in [-0.1, -0.05) is 116 Å². The molecule has 45 heavy (non-hydrogen) atoms. The van der Waals surface area contributed by atoms with Crippen molar-refractivity contribution in [3.8, 4) is 0 Å². The van der Waals surface area contributed by atoms with Crippen molar-refractivity contribution in [2.24, 2.45) is 0 Å². The van der Waals surface area contributed by atoms with Crippen LogP contribution in [0.4, 0.5) is 0 Å². The third kappa shape index (κ3) is 9.12. The number of alkyl halides is 4. The van der Waals surface area contributed by atoms with E-state index in [1.807, 2.05) is 60.7 Å². The molecule has 0 aromatic heterocycles. The van der Waals surface area contributed by atoms with Gasteiger partial charge in [-0.05, 0) is 15.4 Å². The number of nitrogens with one attached hydrogen (secondary N) is 1. The lowest BCUT2D eigenvalue weighted by molar-refractivity contribution is -0.290. The highest BCUT2D eigenvalue weighted by atomic mass is 35.6. The molecule has 1 aliphatic rings. The number of ether oxygens (including phenoxy) is 5. The quantitative estimate of drug-likeness (QED) is 0.0929. The Balaban J connectivity index is 2.17. The fourth-order valence-corrected chi connectivity index (χ4v) is 9.99. The molecule has 1 heterocycles. The summed E-state index contributed by atoms with van der Waals surface area (Å²) in [5.41, 5.74) is 0. The second-order valence-electron chi connectivity index (χ2n) is 11.2. The molecule has 0 amide bonds. The molecule has 0 saturated carbocycles. The van der Waals surface area contributed by atoms with Gasteiger partial charge in [-0.15, -0.1) is 11.6 Å². The summed E-state index contributed by atoms with van der Waals surface area (Å²) in [6.45, 7) is 8.23. The summed E-state index contributed by atoms with van der Waals surface area (Å²) < 4.78 is 33.0. The summed E-state index contributed by atoms with van der Waals surface area (Å²) in [4.78, 5) is 37.1. The van der Waals surface area contributed by atoms with Crippen molar-refractivity contribution in [2.75, 3.05) is 12.5 Å². The molecule has 2 aromatic rings. The zero-order valence-corrected chi connectivity index (χ0v) is 29.3. The maximum absolute atomic E-state index is 12.5. The summed E-state index contributed by atoms with van der Waals surface area (Å²) in [6.07, 6.45) is -7.33. The predicted octanol–water partition coefficient (Wildman–Crippen LogP) is 4.67. The number of halogens is 4. The first-order valence-corrected chi connectivity index (χ1v) is 17.4. The lowest BCUT2D eigenvalue weighted by Crippen LogP contribution is -2.69. The summed E-state index contributed by atoms with van der Waals surface area (Å²) in [5.74, 6) is -3.93. The van der Waals surface area contributed by atoms with Gasteiger partial charge < -0.3 is 28.1 Å². The van der Waals surface area contributed by atoms with Crippen LogP contribution < -0.4 is 10.4 Å². The van der Waals surface area contributed by atoms with Gasteiger partial charge in [0, 0.05) is 13.8 Å². The van der Waals surface area contributed by atoms with Gasteiger partial charge in [0.1, 0.15) is 12.0 Å². The molecule has 0 bridgehead atoms. The average Bonchev–Trinajstić information content (AvgIpc) is 2.96. The molecule has 5 atom stereocenters. The zero-order chi connectivity index (χ0) is 33.6. The van der Waals surface area contributed by atoms with Gasteiger partial charge in [-0.2, -0.15) is 0 Å². The Morgan fingerprint density at radius 1 is 0.800 bits per heavy atom. The van der Waals surface area contributed by atoms with E-state index in [1.54, 1.807) is 0 Å². The van der Waals surface area contributed by atoms with Gasteiger partial charge in [-0.25, -0.2) is 0 Å². The van der Waals surface area contributed by atoms with Crippen LogP contribution >= 0.6 is 46.4 Å². The van der Waals surface area contributed by atoms with Crippen molar-refractivity contribution in [3.05, 3.63) is 60.7 Å². The van der Waals surface area contributed by atoms with E-state index in [0.717, 1.165) is 24.2 Å². The molecule has 0 spiro atoms. The summed E-state index contributed by atoms with van der Waals surface area (Å²) in [5, 5.41) is 9.62. The van der Waals surface area contributed by atoms with Gasteiger partial charge in [0.2, 0.25) is 18.3 Å².